The maximum atomic E-state index is 9.70. The van der Waals surface area contributed by atoms with Gasteiger partial charge < -0.3 is 14.7 Å². The van der Waals surface area contributed by atoms with E-state index in [0.29, 0.717) is 19.8 Å². The summed E-state index contributed by atoms with van der Waals surface area (Å²) in [6.07, 6.45) is 3.56. The monoisotopic (exact) mass is 215 g/mol. The first-order valence-electron chi connectivity index (χ1n) is 5.83. The molecule has 0 radical (unpaired) electrons. The molecular formula is C12H25NO2. The van der Waals surface area contributed by atoms with Crippen molar-refractivity contribution in [2.75, 3.05) is 32.8 Å². The third-order valence-corrected chi connectivity index (χ3v) is 2.09. The first-order chi connectivity index (χ1) is 7.24. The molecule has 0 aliphatic rings. The largest absolute Gasteiger partial charge is 0.389 e. The molecule has 0 heterocycles. The fraction of sp³-hybridized carbons (Fsp3) is 0.833. The van der Waals surface area contributed by atoms with Gasteiger partial charge in [0, 0.05) is 6.54 Å². The van der Waals surface area contributed by atoms with Crippen molar-refractivity contribution < 1.29 is 9.84 Å². The molecule has 15 heavy (non-hydrogen) atoms. The third-order valence-electron chi connectivity index (χ3n) is 2.09. The molecule has 1 N–H and O–H groups in total. The van der Waals surface area contributed by atoms with E-state index in [9.17, 15) is 5.11 Å². The highest BCUT2D eigenvalue weighted by atomic mass is 16.5. The zero-order valence-corrected chi connectivity index (χ0v) is 10.1. The minimum Gasteiger partial charge on any atom is -0.389 e. The van der Waals surface area contributed by atoms with Crippen molar-refractivity contribution in [3.05, 3.63) is 12.7 Å². The Labute approximate surface area is 93.7 Å². The Hall–Kier alpha value is -0.380. The number of rotatable bonds is 10. The van der Waals surface area contributed by atoms with Gasteiger partial charge in [-0.1, -0.05) is 19.9 Å². The van der Waals surface area contributed by atoms with Crippen LogP contribution in [-0.4, -0.2) is 49.0 Å². The van der Waals surface area contributed by atoms with Crippen LogP contribution in [0, 0.1) is 0 Å². The fourth-order valence-electron chi connectivity index (χ4n) is 1.56. The van der Waals surface area contributed by atoms with Gasteiger partial charge in [-0.25, -0.2) is 0 Å². The van der Waals surface area contributed by atoms with Gasteiger partial charge in [-0.3, -0.25) is 0 Å². The lowest BCUT2D eigenvalue weighted by atomic mass is 10.3. The van der Waals surface area contributed by atoms with Crippen LogP contribution < -0.4 is 0 Å². The van der Waals surface area contributed by atoms with Gasteiger partial charge in [-0.15, -0.1) is 6.58 Å². The van der Waals surface area contributed by atoms with Crippen molar-refractivity contribution >= 4 is 0 Å². The second-order valence-electron chi connectivity index (χ2n) is 3.78. The van der Waals surface area contributed by atoms with Crippen molar-refractivity contribution in [2.24, 2.45) is 0 Å². The van der Waals surface area contributed by atoms with Crippen molar-refractivity contribution in [1.82, 2.24) is 4.90 Å². The second kappa shape index (κ2) is 10.1. The molecule has 1 atom stereocenters. The van der Waals surface area contributed by atoms with Gasteiger partial charge in [0.25, 0.3) is 0 Å². The third kappa shape index (κ3) is 8.60. The standard InChI is InChI=1S/C12H25NO2/c1-4-7-13(8-5-2)10-12(14)11-15-9-6-3/h6,12,14H,3-5,7-11H2,1-2H3/t12-/m1/s1. The number of aliphatic hydroxyl groups is 1. The molecule has 0 aromatic rings. The molecule has 0 aromatic heterocycles. The lowest BCUT2D eigenvalue weighted by Gasteiger charge is -2.23. The Bertz CT molecular complexity index is 145. The topological polar surface area (TPSA) is 32.7 Å². The summed E-state index contributed by atoms with van der Waals surface area (Å²) < 4.78 is 5.21. The van der Waals surface area contributed by atoms with Gasteiger partial charge in [0.2, 0.25) is 0 Å². The Morgan fingerprint density at radius 3 is 2.40 bits per heavy atom. The molecular weight excluding hydrogens is 190 g/mol. The molecule has 0 aliphatic carbocycles. The molecule has 0 saturated heterocycles. The Morgan fingerprint density at radius 1 is 1.33 bits per heavy atom. The summed E-state index contributed by atoms with van der Waals surface area (Å²) in [5.74, 6) is 0. The second-order valence-corrected chi connectivity index (χ2v) is 3.78. The van der Waals surface area contributed by atoms with Crippen LogP contribution in [0.15, 0.2) is 12.7 Å². The van der Waals surface area contributed by atoms with Crippen LogP contribution in [0.2, 0.25) is 0 Å². The molecule has 0 aromatic carbocycles. The molecule has 3 heteroatoms. The van der Waals surface area contributed by atoms with Crippen LogP contribution in [0.5, 0.6) is 0 Å². The van der Waals surface area contributed by atoms with E-state index in [-0.39, 0.29) is 6.10 Å². The van der Waals surface area contributed by atoms with Crippen LogP contribution in [0.3, 0.4) is 0 Å². The highest BCUT2D eigenvalue weighted by molar-refractivity contribution is 4.67. The highest BCUT2D eigenvalue weighted by Crippen LogP contribution is 1.97. The van der Waals surface area contributed by atoms with Gasteiger partial charge in [-0.2, -0.15) is 0 Å². The van der Waals surface area contributed by atoms with E-state index < -0.39 is 0 Å². The van der Waals surface area contributed by atoms with Gasteiger partial charge in [0.05, 0.1) is 19.3 Å². The first kappa shape index (κ1) is 14.6. The number of nitrogens with zero attached hydrogens (tertiary/aromatic N) is 1. The fourth-order valence-corrected chi connectivity index (χ4v) is 1.56. The maximum Gasteiger partial charge on any atom is 0.0900 e. The van der Waals surface area contributed by atoms with Crippen LogP contribution in [0.1, 0.15) is 26.7 Å². The van der Waals surface area contributed by atoms with Crippen LogP contribution in [-0.2, 0) is 4.74 Å². The lowest BCUT2D eigenvalue weighted by Crippen LogP contribution is -2.36. The molecule has 0 bridgehead atoms. The molecule has 3 nitrogen and oxygen atoms in total. The summed E-state index contributed by atoms with van der Waals surface area (Å²) in [4.78, 5) is 2.28. The molecule has 0 spiro atoms. The van der Waals surface area contributed by atoms with E-state index in [1.165, 1.54) is 0 Å². The zero-order valence-electron chi connectivity index (χ0n) is 10.1. The molecule has 0 unspecified atom stereocenters. The average molecular weight is 215 g/mol. The zero-order chi connectivity index (χ0) is 11.5. The van der Waals surface area contributed by atoms with Crippen molar-refractivity contribution in [2.45, 2.75) is 32.8 Å². The van der Waals surface area contributed by atoms with Crippen molar-refractivity contribution in [1.29, 1.82) is 0 Å². The predicted molar refractivity (Wildman–Crippen MR) is 64.0 cm³/mol. The summed E-state index contributed by atoms with van der Waals surface area (Å²) >= 11 is 0. The number of aliphatic hydroxyl groups excluding tert-OH is 1. The van der Waals surface area contributed by atoms with Gasteiger partial charge >= 0.3 is 0 Å². The minimum absolute atomic E-state index is 0.386. The highest BCUT2D eigenvalue weighted by Gasteiger charge is 2.09. The Balaban J connectivity index is 3.66. The number of ether oxygens (including phenoxy) is 1. The Morgan fingerprint density at radius 2 is 1.93 bits per heavy atom. The molecule has 0 fully saturated rings. The Kier molecular flexibility index (Phi) is 9.89. The average Bonchev–Trinajstić information content (AvgIpc) is 2.19. The summed E-state index contributed by atoms with van der Waals surface area (Å²) in [5, 5.41) is 9.70. The SMILES string of the molecule is C=CCOC[C@H](O)CN(CCC)CCC. The summed E-state index contributed by atoms with van der Waals surface area (Å²) in [6.45, 7) is 11.6. The minimum atomic E-state index is -0.386. The molecule has 0 rings (SSSR count). The quantitative estimate of drug-likeness (QED) is 0.444. The van der Waals surface area contributed by atoms with E-state index in [2.05, 4.69) is 25.3 Å². The van der Waals surface area contributed by atoms with Crippen LogP contribution in [0.4, 0.5) is 0 Å². The van der Waals surface area contributed by atoms with E-state index in [1.807, 2.05) is 0 Å². The van der Waals surface area contributed by atoms with Crippen molar-refractivity contribution in [3.63, 3.8) is 0 Å². The molecule has 0 amide bonds. The van der Waals surface area contributed by atoms with Crippen LogP contribution in [0.25, 0.3) is 0 Å². The smallest absolute Gasteiger partial charge is 0.0900 e. The number of hydrogen-bond donors (Lipinski definition) is 1. The van der Waals surface area contributed by atoms with E-state index in [4.69, 9.17) is 4.74 Å². The normalized spacial score (nSPS) is 13.1. The van der Waals surface area contributed by atoms with E-state index in [0.717, 1.165) is 25.9 Å². The summed E-state index contributed by atoms with van der Waals surface area (Å²) in [7, 11) is 0. The van der Waals surface area contributed by atoms with Crippen molar-refractivity contribution in [3.8, 4) is 0 Å². The molecule has 0 aliphatic heterocycles. The van der Waals surface area contributed by atoms with Crippen LogP contribution >= 0.6 is 0 Å². The van der Waals surface area contributed by atoms with E-state index >= 15 is 0 Å². The van der Waals surface area contributed by atoms with E-state index in [1.54, 1.807) is 6.08 Å². The van der Waals surface area contributed by atoms with Gasteiger partial charge in [0.15, 0.2) is 0 Å². The number of hydrogen-bond acceptors (Lipinski definition) is 3. The lowest BCUT2D eigenvalue weighted by molar-refractivity contribution is 0.0262. The first-order valence-corrected chi connectivity index (χ1v) is 5.83. The molecule has 0 saturated carbocycles. The van der Waals surface area contributed by atoms with Gasteiger partial charge in [0.1, 0.15) is 0 Å². The summed E-state index contributed by atoms with van der Waals surface area (Å²) in [5.41, 5.74) is 0. The maximum absolute atomic E-state index is 9.70. The predicted octanol–water partition coefficient (Wildman–Crippen LogP) is 1.67. The molecule has 90 valence electrons. The summed E-state index contributed by atoms with van der Waals surface area (Å²) in [6, 6.07) is 0. The van der Waals surface area contributed by atoms with Gasteiger partial charge in [-0.05, 0) is 25.9 Å².